The van der Waals surface area contributed by atoms with Gasteiger partial charge in [-0.2, -0.15) is 0 Å². The van der Waals surface area contributed by atoms with Crippen molar-refractivity contribution in [2.75, 3.05) is 26.5 Å². The van der Waals surface area contributed by atoms with Crippen molar-refractivity contribution in [3.05, 3.63) is 58.9 Å². The molecule has 8 nitrogen and oxygen atoms in total. The summed E-state index contributed by atoms with van der Waals surface area (Å²) in [5.41, 5.74) is 0.949. The first-order valence-corrected chi connectivity index (χ1v) is 11.8. The second-order valence-corrected chi connectivity index (χ2v) is 8.66. The lowest BCUT2D eigenvalue weighted by Crippen LogP contribution is -2.32. The Morgan fingerprint density at radius 2 is 2.03 bits per heavy atom. The van der Waals surface area contributed by atoms with Gasteiger partial charge in [0.15, 0.2) is 6.61 Å². The van der Waals surface area contributed by atoms with Gasteiger partial charge in [-0.05, 0) is 43.2 Å². The lowest BCUT2D eigenvalue weighted by molar-refractivity contribution is -0.129. The number of nitrogens with zero attached hydrogens (tertiary/aromatic N) is 3. The molecule has 0 bridgehead atoms. The highest BCUT2D eigenvalue weighted by atomic mass is 35.5. The van der Waals surface area contributed by atoms with Crippen molar-refractivity contribution < 1.29 is 23.4 Å². The Bertz CT molecular complexity index is 1110. The Kier molecular flexibility index (Phi) is 7.61. The predicted octanol–water partition coefficient (Wildman–Crippen LogP) is 4.78. The third-order valence-electron chi connectivity index (χ3n) is 5.32. The van der Waals surface area contributed by atoms with Crippen LogP contribution in [-0.2, 0) is 11.4 Å². The fourth-order valence-corrected chi connectivity index (χ4v) is 4.61. The first kappa shape index (κ1) is 23.3. The van der Waals surface area contributed by atoms with Crippen molar-refractivity contribution in [3.63, 3.8) is 0 Å². The normalized spacial score (nSPS) is 15.5. The summed E-state index contributed by atoms with van der Waals surface area (Å²) in [6.07, 6.45) is 1.79. The summed E-state index contributed by atoms with van der Waals surface area (Å²) in [5.74, 6) is 2.51. The highest BCUT2D eigenvalue weighted by molar-refractivity contribution is 7.99. The summed E-state index contributed by atoms with van der Waals surface area (Å²) >= 11 is 7.29. The number of halogens is 1. The second-order valence-electron chi connectivity index (χ2n) is 7.32. The van der Waals surface area contributed by atoms with Crippen LogP contribution in [0.1, 0.15) is 30.3 Å². The number of carbonyl (C=O) groups excluding carboxylic acids is 1. The molecule has 1 amide bonds. The van der Waals surface area contributed by atoms with E-state index in [1.165, 1.54) is 11.8 Å². The molecule has 33 heavy (non-hydrogen) atoms. The molecule has 4 rings (SSSR count). The number of carbonyl (C=O) groups is 1. The van der Waals surface area contributed by atoms with Crippen LogP contribution in [0.3, 0.4) is 0 Å². The van der Waals surface area contributed by atoms with E-state index in [1.54, 1.807) is 26.4 Å². The molecule has 0 spiro atoms. The number of methoxy groups -OCH3 is 2. The molecule has 1 unspecified atom stereocenters. The van der Waals surface area contributed by atoms with Crippen molar-refractivity contribution in [2.24, 2.45) is 0 Å². The lowest BCUT2D eigenvalue weighted by Gasteiger charge is -2.26. The van der Waals surface area contributed by atoms with Gasteiger partial charge in [-0.1, -0.05) is 35.5 Å². The maximum absolute atomic E-state index is 13.0. The number of likely N-dealkylation sites (tertiary alicyclic amines) is 1. The molecule has 0 radical (unpaired) electrons. The van der Waals surface area contributed by atoms with E-state index in [1.807, 2.05) is 35.2 Å². The van der Waals surface area contributed by atoms with Gasteiger partial charge in [0, 0.05) is 12.1 Å². The van der Waals surface area contributed by atoms with E-state index >= 15 is 0 Å². The number of hydrogen-bond acceptors (Lipinski definition) is 8. The number of para-hydroxylation sites is 1. The van der Waals surface area contributed by atoms with Crippen molar-refractivity contribution in [1.82, 2.24) is 15.1 Å². The van der Waals surface area contributed by atoms with Gasteiger partial charge in [0.25, 0.3) is 11.1 Å². The smallest absolute Gasteiger partial charge is 0.277 e. The van der Waals surface area contributed by atoms with Crippen LogP contribution in [-0.4, -0.2) is 47.5 Å². The van der Waals surface area contributed by atoms with Crippen molar-refractivity contribution in [1.29, 1.82) is 0 Å². The molecule has 2 heterocycles. The number of rotatable bonds is 9. The van der Waals surface area contributed by atoms with Crippen molar-refractivity contribution >= 4 is 29.3 Å². The van der Waals surface area contributed by atoms with E-state index < -0.39 is 0 Å². The van der Waals surface area contributed by atoms with Crippen molar-refractivity contribution in [3.8, 4) is 17.2 Å². The lowest BCUT2D eigenvalue weighted by atomic mass is 10.0. The van der Waals surface area contributed by atoms with E-state index in [9.17, 15) is 4.79 Å². The number of hydrogen-bond donors (Lipinski definition) is 0. The Morgan fingerprint density at radius 3 is 2.82 bits per heavy atom. The molecule has 1 aromatic heterocycles. The molecule has 1 atom stereocenters. The number of thioether (sulfide) groups is 1. The van der Waals surface area contributed by atoms with Crippen LogP contribution < -0.4 is 14.2 Å². The summed E-state index contributed by atoms with van der Waals surface area (Å²) in [6, 6.07) is 12.7. The molecule has 1 aliphatic heterocycles. The summed E-state index contributed by atoms with van der Waals surface area (Å²) < 4.78 is 22.1. The fraction of sp³-hybridized carbons (Fsp3) is 0.348. The highest BCUT2D eigenvalue weighted by Gasteiger charge is 2.32. The van der Waals surface area contributed by atoms with E-state index in [2.05, 4.69) is 10.2 Å². The third-order valence-corrected chi connectivity index (χ3v) is 6.44. The van der Waals surface area contributed by atoms with Gasteiger partial charge >= 0.3 is 0 Å². The topological polar surface area (TPSA) is 86.9 Å². The average Bonchev–Trinajstić information content (AvgIpc) is 3.51. The summed E-state index contributed by atoms with van der Waals surface area (Å²) in [7, 11) is 3.25. The van der Waals surface area contributed by atoms with Gasteiger partial charge in [-0.25, -0.2) is 0 Å². The predicted molar refractivity (Wildman–Crippen MR) is 124 cm³/mol. The van der Waals surface area contributed by atoms with Crippen LogP contribution in [0, 0.1) is 0 Å². The minimum Gasteiger partial charge on any atom is -0.497 e. The van der Waals surface area contributed by atoms with E-state index in [4.69, 9.17) is 30.2 Å². The molecule has 1 fully saturated rings. The van der Waals surface area contributed by atoms with Crippen LogP contribution in [0.5, 0.6) is 17.2 Å². The quantitative estimate of drug-likeness (QED) is 0.397. The first-order valence-electron chi connectivity index (χ1n) is 10.4. The third kappa shape index (κ3) is 5.54. The number of amides is 1. The van der Waals surface area contributed by atoms with E-state index in [0.29, 0.717) is 28.4 Å². The van der Waals surface area contributed by atoms with Gasteiger partial charge in [0.2, 0.25) is 5.91 Å². The number of ether oxygens (including phenoxy) is 3. The largest absolute Gasteiger partial charge is 0.497 e. The first-order chi connectivity index (χ1) is 16.1. The van der Waals surface area contributed by atoms with Crippen LogP contribution in [0.4, 0.5) is 0 Å². The Balaban J connectivity index is 1.36. The van der Waals surface area contributed by atoms with Crippen LogP contribution in [0.15, 0.2) is 52.1 Å². The van der Waals surface area contributed by atoms with Crippen molar-refractivity contribution in [2.45, 2.75) is 30.7 Å². The standard InChI is InChI=1S/C23H24ClN3O5S/c1-29-15-9-10-19(30-2)16(12-15)18-7-5-11-27(18)22(28)14-33-23-26-25-21(32-23)13-31-20-8-4-3-6-17(20)24/h3-4,6,8-10,12,18H,5,7,11,13-14H2,1-2H3. The zero-order chi connectivity index (χ0) is 23.2. The molecule has 10 heteroatoms. The molecular weight excluding hydrogens is 466 g/mol. The summed E-state index contributed by atoms with van der Waals surface area (Å²) in [6.45, 7) is 0.778. The molecule has 174 valence electrons. The number of benzene rings is 2. The molecule has 0 saturated carbocycles. The molecule has 0 N–H and O–H groups in total. The summed E-state index contributed by atoms with van der Waals surface area (Å²) in [5, 5.41) is 8.80. The van der Waals surface area contributed by atoms with Gasteiger partial charge in [0.1, 0.15) is 17.2 Å². The minimum absolute atomic E-state index is 0.000518. The van der Waals surface area contributed by atoms with E-state index in [0.717, 1.165) is 29.9 Å². The van der Waals surface area contributed by atoms with Crippen LogP contribution in [0.2, 0.25) is 5.02 Å². The molecule has 1 aliphatic rings. The monoisotopic (exact) mass is 489 g/mol. The second kappa shape index (κ2) is 10.8. The maximum atomic E-state index is 13.0. The zero-order valence-electron chi connectivity index (χ0n) is 18.3. The van der Waals surface area contributed by atoms with Gasteiger partial charge < -0.3 is 23.5 Å². The zero-order valence-corrected chi connectivity index (χ0v) is 19.9. The summed E-state index contributed by atoms with van der Waals surface area (Å²) in [4.78, 5) is 14.9. The van der Waals surface area contributed by atoms with Crippen LogP contribution in [0.25, 0.3) is 0 Å². The molecule has 3 aromatic rings. The van der Waals surface area contributed by atoms with Crippen LogP contribution >= 0.6 is 23.4 Å². The molecule has 2 aromatic carbocycles. The van der Waals surface area contributed by atoms with Gasteiger partial charge in [-0.3, -0.25) is 4.79 Å². The highest BCUT2D eigenvalue weighted by Crippen LogP contribution is 2.39. The Hall–Kier alpha value is -2.91. The minimum atomic E-state index is -0.0644. The maximum Gasteiger partial charge on any atom is 0.277 e. The Labute approximate surface area is 201 Å². The number of aromatic nitrogens is 2. The average molecular weight is 490 g/mol. The van der Waals surface area contributed by atoms with Gasteiger partial charge in [-0.15, -0.1) is 10.2 Å². The molecule has 1 saturated heterocycles. The van der Waals surface area contributed by atoms with E-state index in [-0.39, 0.29) is 24.3 Å². The van der Waals surface area contributed by atoms with Gasteiger partial charge in [0.05, 0.1) is 31.0 Å². The fourth-order valence-electron chi connectivity index (χ4n) is 3.75. The SMILES string of the molecule is COc1ccc(OC)c(C2CCCN2C(=O)CSc2nnc(COc3ccccc3Cl)o2)c1. The Morgan fingerprint density at radius 1 is 1.18 bits per heavy atom. The molecular formula is C23H24ClN3O5S. The molecule has 0 aliphatic carbocycles.